The molecule has 1 aliphatic heterocycles. The van der Waals surface area contributed by atoms with Crippen molar-refractivity contribution in [1.82, 2.24) is 4.90 Å². The van der Waals surface area contributed by atoms with E-state index in [2.05, 4.69) is 15.0 Å². The number of nitrogens with zero attached hydrogens (tertiary/aromatic N) is 3. The molecule has 6 nitrogen and oxygen atoms in total. The second-order valence-corrected chi connectivity index (χ2v) is 6.14. The first-order valence-electron chi connectivity index (χ1n) is 8.25. The van der Waals surface area contributed by atoms with Crippen LogP contribution in [0.2, 0.25) is 0 Å². The number of halogens is 2. The summed E-state index contributed by atoms with van der Waals surface area (Å²) in [6, 6.07) is 4.94. The standard InChI is InChI=1S/C18H20F2N4O2/c19-13-1-2-15(16(20)7-13)18(23-21)17(10-25)22-14-3-5-24(9-14)8-12-4-6-26-11-12/h1-2,4,6-7,11,14,25H,3,5,8-10,21H2. The minimum atomic E-state index is -0.802. The Balaban J connectivity index is 1.74. The Kier molecular flexibility index (Phi) is 5.75. The van der Waals surface area contributed by atoms with Crippen LogP contribution in [-0.2, 0) is 6.54 Å². The van der Waals surface area contributed by atoms with Gasteiger partial charge in [0, 0.05) is 36.8 Å². The maximum atomic E-state index is 14.0. The summed E-state index contributed by atoms with van der Waals surface area (Å²) in [7, 11) is 0. The Labute approximate surface area is 149 Å². The van der Waals surface area contributed by atoms with E-state index in [1.165, 1.54) is 6.07 Å². The molecule has 1 aromatic carbocycles. The molecular formula is C18H20F2N4O2. The van der Waals surface area contributed by atoms with Crippen molar-refractivity contribution < 1.29 is 18.3 Å². The number of furan rings is 1. The van der Waals surface area contributed by atoms with E-state index in [0.29, 0.717) is 6.54 Å². The monoisotopic (exact) mass is 362 g/mol. The summed E-state index contributed by atoms with van der Waals surface area (Å²) in [5.41, 5.74) is 1.30. The predicted octanol–water partition coefficient (Wildman–Crippen LogP) is 1.93. The van der Waals surface area contributed by atoms with E-state index in [1.54, 1.807) is 12.5 Å². The zero-order valence-electron chi connectivity index (χ0n) is 14.1. The molecule has 1 aromatic heterocycles. The minimum absolute atomic E-state index is 0.00921. The molecule has 3 rings (SSSR count). The van der Waals surface area contributed by atoms with Gasteiger partial charge in [0.25, 0.3) is 0 Å². The highest BCUT2D eigenvalue weighted by Crippen LogP contribution is 2.18. The lowest BCUT2D eigenvalue weighted by molar-refractivity contribution is 0.325. The van der Waals surface area contributed by atoms with Gasteiger partial charge in [0.05, 0.1) is 30.9 Å². The maximum absolute atomic E-state index is 14.0. The maximum Gasteiger partial charge on any atom is 0.135 e. The first-order chi connectivity index (χ1) is 12.6. The van der Waals surface area contributed by atoms with Crippen molar-refractivity contribution in [3.63, 3.8) is 0 Å². The SMILES string of the molecule is NN=C(C(CO)=NC1CCN(Cc2ccoc2)C1)c1ccc(F)cc1F. The molecular weight excluding hydrogens is 342 g/mol. The van der Waals surface area contributed by atoms with Gasteiger partial charge in [-0.05, 0) is 24.6 Å². The van der Waals surface area contributed by atoms with Gasteiger partial charge in [0.2, 0.25) is 0 Å². The number of nitrogens with two attached hydrogens (primary N) is 1. The van der Waals surface area contributed by atoms with Crippen molar-refractivity contribution in [2.24, 2.45) is 15.9 Å². The van der Waals surface area contributed by atoms with Crippen LogP contribution in [0.3, 0.4) is 0 Å². The third kappa shape index (κ3) is 4.14. The van der Waals surface area contributed by atoms with Gasteiger partial charge in [-0.25, -0.2) is 8.78 Å². The van der Waals surface area contributed by atoms with Gasteiger partial charge < -0.3 is 15.4 Å². The molecule has 1 fully saturated rings. The molecule has 1 atom stereocenters. The lowest BCUT2D eigenvalue weighted by Crippen LogP contribution is -2.26. The van der Waals surface area contributed by atoms with Crippen molar-refractivity contribution in [1.29, 1.82) is 0 Å². The predicted molar refractivity (Wildman–Crippen MR) is 94.0 cm³/mol. The molecule has 26 heavy (non-hydrogen) atoms. The fourth-order valence-corrected chi connectivity index (χ4v) is 3.08. The second-order valence-electron chi connectivity index (χ2n) is 6.14. The Bertz CT molecular complexity index is 806. The largest absolute Gasteiger partial charge is 0.472 e. The van der Waals surface area contributed by atoms with Gasteiger partial charge in [-0.3, -0.25) is 9.89 Å². The lowest BCUT2D eigenvalue weighted by Gasteiger charge is -2.14. The molecule has 0 bridgehead atoms. The fourth-order valence-electron chi connectivity index (χ4n) is 3.08. The van der Waals surface area contributed by atoms with Crippen LogP contribution in [0.1, 0.15) is 17.5 Å². The number of hydrazone groups is 1. The van der Waals surface area contributed by atoms with Crippen molar-refractivity contribution in [2.75, 3.05) is 19.7 Å². The number of aliphatic hydroxyl groups is 1. The highest BCUT2D eigenvalue weighted by atomic mass is 19.1. The normalized spacial score (nSPS) is 19.3. The summed E-state index contributed by atoms with van der Waals surface area (Å²) in [6.07, 6.45) is 4.13. The molecule has 0 spiro atoms. The van der Waals surface area contributed by atoms with Crippen LogP contribution in [0.25, 0.3) is 0 Å². The van der Waals surface area contributed by atoms with E-state index in [1.807, 2.05) is 6.07 Å². The Morgan fingerprint density at radius 2 is 2.19 bits per heavy atom. The molecule has 3 N–H and O–H groups in total. The Morgan fingerprint density at radius 1 is 1.35 bits per heavy atom. The average molecular weight is 362 g/mol. The molecule has 0 aliphatic carbocycles. The summed E-state index contributed by atoms with van der Waals surface area (Å²) >= 11 is 0. The Morgan fingerprint density at radius 3 is 2.85 bits per heavy atom. The van der Waals surface area contributed by atoms with Gasteiger partial charge >= 0.3 is 0 Å². The Hall–Kier alpha value is -2.58. The van der Waals surface area contributed by atoms with Gasteiger partial charge in [0.1, 0.15) is 17.3 Å². The van der Waals surface area contributed by atoms with Gasteiger partial charge in [-0.2, -0.15) is 5.10 Å². The van der Waals surface area contributed by atoms with Crippen LogP contribution in [-0.4, -0.2) is 47.2 Å². The third-order valence-corrected chi connectivity index (χ3v) is 4.31. The van der Waals surface area contributed by atoms with E-state index in [9.17, 15) is 13.9 Å². The summed E-state index contributed by atoms with van der Waals surface area (Å²) in [5, 5.41) is 13.3. The molecule has 0 saturated carbocycles. The molecule has 8 heteroatoms. The molecule has 2 aromatic rings. The summed E-state index contributed by atoms with van der Waals surface area (Å²) < 4.78 is 32.2. The number of aliphatic imine (C=N–C) groups is 1. The van der Waals surface area contributed by atoms with E-state index in [4.69, 9.17) is 10.3 Å². The van der Waals surface area contributed by atoms with E-state index >= 15 is 0 Å². The van der Waals surface area contributed by atoms with Crippen LogP contribution >= 0.6 is 0 Å². The molecule has 0 amide bonds. The zero-order chi connectivity index (χ0) is 18.5. The van der Waals surface area contributed by atoms with Crippen LogP contribution < -0.4 is 5.84 Å². The zero-order valence-corrected chi connectivity index (χ0v) is 14.1. The summed E-state index contributed by atoms with van der Waals surface area (Å²) in [6.45, 7) is 1.85. The highest BCUT2D eigenvalue weighted by molar-refractivity contribution is 6.48. The minimum Gasteiger partial charge on any atom is -0.472 e. The summed E-state index contributed by atoms with van der Waals surface area (Å²) in [5.74, 6) is 3.89. The van der Waals surface area contributed by atoms with Crippen LogP contribution in [0.4, 0.5) is 8.78 Å². The lowest BCUT2D eigenvalue weighted by atomic mass is 10.0. The van der Waals surface area contributed by atoms with Crippen molar-refractivity contribution in [3.05, 3.63) is 59.6 Å². The number of hydrogen-bond acceptors (Lipinski definition) is 6. The first kappa shape index (κ1) is 18.2. The highest BCUT2D eigenvalue weighted by Gasteiger charge is 2.24. The molecule has 2 heterocycles. The van der Waals surface area contributed by atoms with E-state index < -0.39 is 18.2 Å². The van der Waals surface area contributed by atoms with Crippen molar-refractivity contribution in [3.8, 4) is 0 Å². The number of likely N-dealkylation sites (tertiary alicyclic amines) is 1. The average Bonchev–Trinajstić information content (AvgIpc) is 3.28. The molecule has 138 valence electrons. The van der Waals surface area contributed by atoms with Crippen LogP contribution in [0.15, 0.2) is 51.3 Å². The van der Waals surface area contributed by atoms with Gasteiger partial charge in [0.15, 0.2) is 0 Å². The topological polar surface area (TPSA) is 87.3 Å². The van der Waals surface area contributed by atoms with E-state index in [-0.39, 0.29) is 23.0 Å². The molecule has 1 saturated heterocycles. The van der Waals surface area contributed by atoms with Crippen molar-refractivity contribution in [2.45, 2.75) is 19.0 Å². The van der Waals surface area contributed by atoms with E-state index in [0.717, 1.165) is 37.2 Å². The van der Waals surface area contributed by atoms with Gasteiger partial charge in [-0.1, -0.05) is 0 Å². The van der Waals surface area contributed by atoms with Crippen LogP contribution in [0.5, 0.6) is 0 Å². The van der Waals surface area contributed by atoms with Crippen LogP contribution in [0, 0.1) is 11.6 Å². The molecule has 0 radical (unpaired) electrons. The van der Waals surface area contributed by atoms with Gasteiger partial charge in [-0.15, -0.1) is 0 Å². The smallest absolute Gasteiger partial charge is 0.135 e. The number of benzene rings is 1. The number of hydrogen-bond donors (Lipinski definition) is 2. The first-order valence-corrected chi connectivity index (χ1v) is 8.25. The molecule has 1 unspecified atom stereocenters. The number of rotatable bonds is 6. The third-order valence-electron chi connectivity index (χ3n) is 4.31. The summed E-state index contributed by atoms with van der Waals surface area (Å²) in [4.78, 5) is 6.73. The fraction of sp³-hybridized carbons (Fsp3) is 0.333. The van der Waals surface area contributed by atoms with Crippen molar-refractivity contribution >= 4 is 11.4 Å². The molecule has 1 aliphatic rings. The quantitative estimate of drug-likeness (QED) is 0.467. The number of aliphatic hydroxyl groups excluding tert-OH is 1. The second kappa shape index (κ2) is 8.20.